The Labute approximate surface area is 223 Å². The lowest BCUT2D eigenvalue weighted by Crippen LogP contribution is -2.58. The lowest BCUT2D eigenvalue weighted by molar-refractivity contribution is -0.143. The van der Waals surface area contributed by atoms with Gasteiger partial charge in [-0.2, -0.15) is 26.3 Å². The Kier molecular flexibility index (Phi) is 9.94. The van der Waals surface area contributed by atoms with E-state index in [0.717, 1.165) is 12.0 Å². The topological polar surface area (TPSA) is 76.2 Å². The van der Waals surface area contributed by atoms with Crippen molar-refractivity contribution in [2.24, 2.45) is 0 Å². The maximum atomic E-state index is 13.4. The molecule has 0 aliphatic carbocycles. The van der Waals surface area contributed by atoms with Crippen molar-refractivity contribution in [3.05, 3.63) is 34.9 Å². The highest BCUT2D eigenvalue weighted by Crippen LogP contribution is 2.38. The number of nitrogens with zero attached hydrogens (tertiary/aromatic N) is 2. The fourth-order valence-corrected chi connectivity index (χ4v) is 4.76. The van der Waals surface area contributed by atoms with Gasteiger partial charge in [-0.25, -0.2) is 9.59 Å². The number of likely N-dealkylation sites (tertiary alicyclic amines) is 1. The summed E-state index contributed by atoms with van der Waals surface area (Å²) < 4.78 is 90.8. The van der Waals surface area contributed by atoms with Crippen LogP contribution in [0, 0.1) is 0 Å². The summed E-state index contributed by atoms with van der Waals surface area (Å²) in [6, 6.07) is -0.866. The van der Waals surface area contributed by atoms with Crippen LogP contribution in [-0.4, -0.2) is 58.6 Å². The van der Waals surface area contributed by atoms with E-state index in [9.17, 15) is 40.7 Å². The van der Waals surface area contributed by atoms with Crippen LogP contribution in [0.1, 0.15) is 77.0 Å². The number of hydrogen-bond donors (Lipinski definition) is 0. The molecule has 1 fully saturated rings. The average Bonchev–Trinajstić information content (AvgIpc) is 2.78. The predicted octanol–water partition coefficient (Wildman–Crippen LogP) is 6.82. The molecule has 220 valence electrons. The smallest absolute Gasteiger partial charge is 0.416 e. The number of amides is 2. The van der Waals surface area contributed by atoms with Gasteiger partial charge in [0.15, 0.2) is 0 Å². The summed E-state index contributed by atoms with van der Waals surface area (Å²) in [5, 5.41) is 0. The predicted molar refractivity (Wildman–Crippen MR) is 129 cm³/mol. The molecule has 13 heteroatoms. The van der Waals surface area contributed by atoms with E-state index < -0.39 is 71.5 Å². The van der Waals surface area contributed by atoms with Gasteiger partial charge in [0.2, 0.25) is 0 Å². The first-order valence-corrected chi connectivity index (χ1v) is 12.4. The summed E-state index contributed by atoms with van der Waals surface area (Å²) in [6.07, 6.45) is -11.2. The molecule has 3 atom stereocenters. The molecular weight excluding hydrogens is 534 g/mol. The van der Waals surface area contributed by atoms with Crippen LogP contribution in [0.25, 0.3) is 0 Å². The Morgan fingerprint density at radius 1 is 0.949 bits per heavy atom. The normalized spacial score (nSPS) is 20.4. The largest absolute Gasteiger partial charge is 0.453 e. The first-order valence-electron chi connectivity index (χ1n) is 12.4. The third-order valence-electron chi connectivity index (χ3n) is 6.32. The van der Waals surface area contributed by atoms with Crippen LogP contribution in [0.15, 0.2) is 18.2 Å². The highest BCUT2D eigenvalue weighted by molar-refractivity contribution is 5.77. The minimum Gasteiger partial charge on any atom is -0.453 e. The van der Waals surface area contributed by atoms with Gasteiger partial charge < -0.3 is 19.3 Å². The number of halogens is 6. The fraction of sp³-hybridized carbons (Fsp3) is 0.654. The number of piperidine rings is 1. The monoisotopic (exact) mass is 568 g/mol. The van der Waals surface area contributed by atoms with E-state index in [1.54, 1.807) is 27.7 Å². The number of ether oxygens (including phenoxy) is 2. The van der Waals surface area contributed by atoms with Crippen molar-refractivity contribution in [1.82, 2.24) is 9.80 Å². The average molecular weight is 569 g/mol. The number of carbonyl (C=O) groups is 3. The van der Waals surface area contributed by atoms with Crippen LogP contribution in [0.2, 0.25) is 0 Å². The fourth-order valence-electron chi connectivity index (χ4n) is 4.76. The highest BCUT2D eigenvalue weighted by atomic mass is 19.4. The number of alkyl halides is 6. The van der Waals surface area contributed by atoms with Gasteiger partial charge in [0.25, 0.3) is 0 Å². The number of ketones is 1. The van der Waals surface area contributed by atoms with Crippen LogP contribution in [0.3, 0.4) is 0 Å². The first kappa shape index (κ1) is 32.2. The van der Waals surface area contributed by atoms with Crippen molar-refractivity contribution >= 4 is 18.0 Å². The Morgan fingerprint density at radius 3 is 1.87 bits per heavy atom. The number of benzene rings is 1. The maximum absolute atomic E-state index is 13.4. The zero-order chi connectivity index (χ0) is 29.9. The molecule has 2 rings (SSSR count). The minimum atomic E-state index is -5.05. The Morgan fingerprint density at radius 2 is 1.46 bits per heavy atom. The molecule has 0 aromatic heterocycles. The van der Waals surface area contributed by atoms with E-state index in [-0.39, 0.29) is 31.1 Å². The Balaban J connectivity index is 2.51. The van der Waals surface area contributed by atoms with Crippen LogP contribution >= 0.6 is 0 Å². The van der Waals surface area contributed by atoms with Crippen molar-refractivity contribution < 1.29 is 50.2 Å². The van der Waals surface area contributed by atoms with E-state index in [1.807, 2.05) is 0 Å². The lowest BCUT2D eigenvalue weighted by Gasteiger charge is -2.47. The van der Waals surface area contributed by atoms with E-state index >= 15 is 0 Å². The second-order valence-corrected chi connectivity index (χ2v) is 10.6. The third kappa shape index (κ3) is 8.76. The van der Waals surface area contributed by atoms with Crippen molar-refractivity contribution in [3.8, 4) is 0 Å². The standard InChI is InChI=1S/C26H34F6N2O5/c1-7-19-12-20(13-21(8-15(2)35)34(19)23(37)39-24(3,4)5)33(22(36)38-6)14-16-9-17(25(27,28)29)11-18(10-16)26(30,31)32/h9-11,19-21H,7-8,12-14H2,1-6H3/t19-,20+,21+/m1/s1. The zero-order valence-electron chi connectivity index (χ0n) is 22.7. The molecule has 1 heterocycles. The van der Waals surface area contributed by atoms with Crippen LogP contribution in [0.5, 0.6) is 0 Å². The second kappa shape index (κ2) is 12.0. The SMILES string of the molecule is CC[C@@H]1C[C@H](N(Cc2cc(C(F)(F)F)cc(C(F)(F)F)c2)C(=O)OC)C[C@H](CC(C)=O)N1C(=O)OC(C)(C)C. The van der Waals surface area contributed by atoms with Crippen molar-refractivity contribution in [1.29, 1.82) is 0 Å². The van der Waals surface area contributed by atoms with Gasteiger partial charge in [-0.05, 0) is 70.7 Å². The summed E-state index contributed by atoms with van der Waals surface area (Å²) >= 11 is 0. The van der Waals surface area contributed by atoms with Gasteiger partial charge in [0, 0.05) is 31.1 Å². The van der Waals surface area contributed by atoms with Gasteiger partial charge in [-0.15, -0.1) is 0 Å². The van der Waals surface area contributed by atoms with E-state index in [1.165, 1.54) is 11.8 Å². The van der Waals surface area contributed by atoms with Gasteiger partial charge >= 0.3 is 24.5 Å². The molecule has 1 saturated heterocycles. The molecule has 0 saturated carbocycles. The molecule has 0 spiro atoms. The molecule has 1 aromatic carbocycles. The number of methoxy groups -OCH3 is 1. The summed E-state index contributed by atoms with van der Waals surface area (Å²) in [5.74, 6) is -0.249. The zero-order valence-corrected chi connectivity index (χ0v) is 22.7. The van der Waals surface area contributed by atoms with Crippen molar-refractivity contribution in [2.45, 2.75) is 103 Å². The minimum absolute atomic E-state index is 0.0152. The summed E-state index contributed by atoms with van der Waals surface area (Å²) in [7, 11) is 1.04. The Bertz CT molecular complexity index is 1020. The van der Waals surface area contributed by atoms with Gasteiger partial charge in [0.05, 0.1) is 18.2 Å². The number of rotatable bonds is 6. The van der Waals surface area contributed by atoms with Gasteiger partial charge in [0.1, 0.15) is 11.4 Å². The van der Waals surface area contributed by atoms with E-state index in [4.69, 9.17) is 9.47 Å². The Hall–Kier alpha value is -2.99. The van der Waals surface area contributed by atoms with Gasteiger partial charge in [-0.1, -0.05) is 6.92 Å². The van der Waals surface area contributed by atoms with Gasteiger partial charge in [-0.3, -0.25) is 4.79 Å². The molecule has 2 amide bonds. The second-order valence-electron chi connectivity index (χ2n) is 10.6. The van der Waals surface area contributed by atoms with Crippen molar-refractivity contribution in [3.63, 3.8) is 0 Å². The highest BCUT2D eigenvalue weighted by Gasteiger charge is 2.43. The lowest BCUT2D eigenvalue weighted by atomic mass is 9.86. The third-order valence-corrected chi connectivity index (χ3v) is 6.32. The molecule has 1 aliphatic rings. The summed E-state index contributed by atoms with van der Waals surface area (Å²) in [6.45, 7) is 7.54. The molecule has 1 aliphatic heterocycles. The number of carbonyl (C=O) groups excluding carboxylic acids is 3. The molecule has 0 N–H and O–H groups in total. The number of Topliss-reactive ketones (excluding diaryl/α,β-unsaturated/α-hetero) is 1. The summed E-state index contributed by atoms with van der Waals surface area (Å²) in [5.41, 5.74) is -4.23. The van der Waals surface area contributed by atoms with Crippen LogP contribution in [0.4, 0.5) is 35.9 Å². The molecular formula is C26H34F6N2O5. The van der Waals surface area contributed by atoms with Crippen LogP contribution in [-0.2, 0) is 33.2 Å². The summed E-state index contributed by atoms with van der Waals surface area (Å²) in [4.78, 5) is 40.4. The molecule has 39 heavy (non-hydrogen) atoms. The maximum Gasteiger partial charge on any atom is 0.416 e. The quantitative estimate of drug-likeness (QED) is 0.352. The number of hydrogen-bond acceptors (Lipinski definition) is 5. The molecule has 0 bridgehead atoms. The van der Waals surface area contributed by atoms with Crippen LogP contribution < -0.4 is 0 Å². The van der Waals surface area contributed by atoms with Crippen molar-refractivity contribution in [2.75, 3.05) is 7.11 Å². The molecule has 1 aromatic rings. The first-order chi connectivity index (χ1) is 17.8. The van der Waals surface area contributed by atoms with E-state index in [0.29, 0.717) is 18.6 Å². The molecule has 0 unspecified atom stereocenters. The molecule has 0 radical (unpaired) electrons. The molecule has 7 nitrogen and oxygen atoms in total. The van der Waals surface area contributed by atoms with E-state index in [2.05, 4.69) is 0 Å².